The molecule has 0 saturated carbocycles. The molecular formula is C14H14Br2N2O. The summed E-state index contributed by atoms with van der Waals surface area (Å²) in [4.78, 5) is 4.33. The fourth-order valence-corrected chi connectivity index (χ4v) is 2.80. The molecule has 0 aliphatic rings. The molecule has 0 radical (unpaired) electrons. The van der Waals surface area contributed by atoms with E-state index in [0.717, 1.165) is 26.0 Å². The zero-order valence-corrected chi connectivity index (χ0v) is 13.6. The van der Waals surface area contributed by atoms with Gasteiger partial charge in [-0.1, -0.05) is 15.9 Å². The molecule has 1 atom stereocenters. The standard InChI is InChI=1S/C14H14Br2N2O/c1-19-10-4-5-11(15)9(7-10)8-13(17)14-12(16)3-2-6-18-14/h2-7,13H,8,17H2,1H3. The maximum atomic E-state index is 6.23. The van der Waals surface area contributed by atoms with Crippen molar-refractivity contribution in [2.75, 3.05) is 7.11 Å². The number of methoxy groups -OCH3 is 1. The van der Waals surface area contributed by atoms with Crippen molar-refractivity contribution in [2.45, 2.75) is 12.5 Å². The highest BCUT2D eigenvalue weighted by molar-refractivity contribution is 9.10. The molecular weight excluding hydrogens is 372 g/mol. The Hall–Kier alpha value is -0.910. The van der Waals surface area contributed by atoms with Crippen molar-refractivity contribution in [2.24, 2.45) is 5.73 Å². The first-order valence-electron chi connectivity index (χ1n) is 5.80. The maximum absolute atomic E-state index is 6.23. The molecule has 0 aliphatic heterocycles. The molecule has 2 rings (SSSR count). The third-order valence-electron chi connectivity index (χ3n) is 2.83. The van der Waals surface area contributed by atoms with E-state index in [1.807, 2.05) is 30.3 Å². The highest BCUT2D eigenvalue weighted by Gasteiger charge is 2.14. The monoisotopic (exact) mass is 384 g/mol. The zero-order chi connectivity index (χ0) is 13.8. The predicted molar refractivity (Wildman–Crippen MR) is 83.3 cm³/mol. The topological polar surface area (TPSA) is 48.1 Å². The van der Waals surface area contributed by atoms with E-state index in [1.165, 1.54) is 0 Å². The molecule has 100 valence electrons. The van der Waals surface area contributed by atoms with E-state index >= 15 is 0 Å². The van der Waals surface area contributed by atoms with E-state index in [0.29, 0.717) is 6.42 Å². The third kappa shape index (κ3) is 3.55. The van der Waals surface area contributed by atoms with Crippen LogP contribution in [0.4, 0.5) is 0 Å². The fraction of sp³-hybridized carbons (Fsp3) is 0.214. The van der Waals surface area contributed by atoms with Gasteiger partial charge in [0.15, 0.2) is 0 Å². The maximum Gasteiger partial charge on any atom is 0.119 e. The van der Waals surface area contributed by atoms with E-state index in [4.69, 9.17) is 10.5 Å². The summed E-state index contributed by atoms with van der Waals surface area (Å²) in [5.41, 5.74) is 8.19. The minimum atomic E-state index is -0.168. The van der Waals surface area contributed by atoms with Gasteiger partial charge < -0.3 is 10.5 Å². The summed E-state index contributed by atoms with van der Waals surface area (Å²) in [5.74, 6) is 0.825. The summed E-state index contributed by atoms with van der Waals surface area (Å²) in [6.45, 7) is 0. The average molecular weight is 386 g/mol. The first-order chi connectivity index (χ1) is 9.11. The Balaban J connectivity index is 2.24. The molecule has 0 aliphatic carbocycles. The molecule has 0 fully saturated rings. The third-order valence-corrected chi connectivity index (χ3v) is 4.28. The number of benzene rings is 1. The van der Waals surface area contributed by atoms with Crippen molar-refractivity contribution in [3.63, 3.8) is 0 Å². The summed E-state index contributed by atoms with van der Waals surface area (Å²) >= 11 is 7.01. The molecule has 0 saturated heterocycles. The minimum absolute atomic E-state index is 0.168. The molecule has 19 heavy (non-hydrogen) atoms. The van der Waals surface area contributed by atoms with Gasteiger partial charge in [-0.2, -0.15) is 0 Å². The van der Waals surface area contributed by atoms with Crippen LogP contribution in [0.2, 0.25) is 0 Å². The van der Waals surface area contributed by atoms with Gasteiger partial charge in [0.25, 0.3) is 0 Å². The van der Waals surface area contributed by atoms with Crippen LogP contribution in [0.25, 0.3) is 0 Å². The van der Waals surface area contributed by atoms with Gasteiger partial charge in [0.1, 0.15) is 5.75 Å². The molecule has 0 amide bonds. The van der Waals surface area contributed by atoms with E-state index in [-0.39, 0.29) is 6.04 Å². The molecule has 2 N–H and O–H groups in total. The van der Waals surface area contributed by atoms with E-state index in [9.17, 15) is 0 Å². The van der Waals surface area contributed by atoms with Crippen LogP contribution in [0.3, 0.4) is 0 Å². The number of nitrogens with two attached hydrogens (primary N) is 1. The summed E-state index contributed by atoms with van der Waals surface area (Å²) in [7, 11) is 1.66. The van der Waals surface area contributed by atoms with Crippen LogP contribution < -0.4 is 10.5 Å². The van der Waals surface area contributed by atoms with Crippen molar-refractivity contribution in [3.8, 4) is 5.75 Å². The number of ether oxygens (including phenoxy) is 1. The number of nitrogens with zero attached hydrogens (tertiary/aromatic N) is 1. The summed E-state index contributed by atoms with van der Waals surface area (Å²) < 4.78 is 7.19. The lowest BCUT2D eigenvalue weighted by Crippen LogP contribution is -2.15. The van der Waals surface area contributed by atoms with Gasteiger partial charge >= 0.3 is 0 Å². The lowest BCUT2D eigenvalue weighted by molar-refractivity contribution is 0.414. The Morgan fingerprint density at radius 1 is 1.26 bits per heavy atom. The molecule has 2 aromatic rings. The van der Waals surface area contributed by atoms with E-state index < -0.39 is 0 Å². The van der Waals surface area contributed by atoms with Gasteiger partial charge in [0.05, 0.1) is 18.8 Å². The minimum Gasteiger partial charge on any atom is -0.497 e. The lowest BCUT2D eigenvalue weighted by Gasteiger charge is -2.14. The summed E-state index contributed by atoms with van der Waals surface area (Å²) in [6.07, 6.45) is 2.44. The first kappa shape index (κ1) is 14.5. The van der Waals surface area contributed by atoms with Gasteiger partial charge in [0, 0.05) is 15.1 Å². The quantitative estimate of drug-likeness (QED) is 0.869. The Morgan fingerprint density at radius 3 is 2.74 bits per heavy atom. The number of hydrogen-bond acceptors (Lipinski definition) is 3. The van der Waals surface area contributed by atoms with Gasteiger partial charge in [-0.3, -0.25) is 4.98 Å². The smallest absolute Gasteiger partial charge is 0.119 e. The molecule has 0 bridgehead atoms. The second kappa shape index (κ2) is 6.50. The van der Waals surface area contributed by atoms with E-state index in [1.54, 1.807) is 13.3 Å². The highest BCUT2D eigenvalue weighted by Crippen LogP contribution is 2.28. The largest absolute Gasteiger partial charge is 0.497 e. The Kier molecular flexibility index (Phi) is 4.96. The van der Waals surface area contributed by atoms with E-state index in [2.05, 4.69) is 36.8 Å². The first-order valence-corrected chi connectivity index (χ1v) is 7.39. The van der Waals surface area contributed by atoms with Crippen molar-refractivity contribution >= 4 is 31.9 Å². The summed E-state index contributed by atoms with van der Waals surface area (Å²) in [6, 6.07) is 9.52. The Morgan fingerprint density at radius 2 is 2.05 bits per heavy atom. The molecule has 1 aromatic heterocycles. The van der Waals surface area contributed by atoms with Gasteiger partial charge in [0.2, 0.25) is 0 Å². The van der Waals surface area contributed by atoms with Crippen LogP contribution in [0.1, 0.15) is 17.3 Å². The second-order valence-electron chi connectivity index (χ2n) is 4.14. The average Bonchev–Trinajstić information content (AvgIpc) is 2.41. The molecule has 0 spiro atoms. The molecule has 1 unspecified atom stereocenters. The molecule has 5 heteroatoms. The lowest BCUT2D eigenvalue weighted by atomic mass is 10.0. The van der Waals surface area contributed by atoms with Crippen LogP contribution in [-0.4, -0.2) is 12.1 Å². The van der Waals surface area contributed by atoms with Crippen molar-refractivity contribution in [1.82, 2.24) is 4.98 Å². The van der Waals surface area contributed by atoms with Crippen LogP contribution >= 0.6 is 31.9 Å². The van der Waals surface area contributed by atoms with Crippen LogP contribution in [0.5, 0.6) is 5.75 Å². The van der Waals surface area contributed by atoms with Crippen LogP contribution in [0, 0.1) is 0 Å². The number of pyridine rings is 1. The summed E-state index contributed by atoms with van der Waals surface area (Å²) in [5, 5.41) is 0. The number of hydrogen-bond donors (Lipinski definition) is 1. The zero-order valence-electron chi connectivity index (χ0n) is 10.4. The van der Waals surface area contributed by atoms with Crippen molar-refractivity contribution < 1.29 is 4.74 Å². The van der Waals surface area contributed by atoms with Gasteiger partial charge in [-0.25, -0.2) is 0 Å². The van der Waals surface area contributed by atoms with Crippen LogP contribution in [0.15, 0.2) is 45.5 Å². The number of rotatable bonds is 4. The van der Waals surface area contributed by atoms with Crippen LogP contribution in [-0.2, 0) is 6.42 Å². The Bertz CT molecular complexity index is 575. The number of aromatic nitrogens is 1. The van der Waals surface area contributed by atoms with Gasteiger partial charge in [-0.15, -0.1) is 0 Å². The SMILES string of the molecule is COc1ccc(Br)c(CC(N)c2ncccc2Br)c1. The molecule has 3 nitrogen and oxygen atoms in total. The normalized spacial score (nSPS) is 12.2. The predicted octanol–water partition coefficient (Wildman–Crippen LogP) is 3.86. The molecule has 1 heterocycles. The second-order valence-corrected chi connectivity index (χ2v) is 5.85. The molecule has 1 aromatic carbocycles. The van der Waals surface area contributed by atoms with Crippen molar-refractivity contribution in [3.05, 3.63) is 56.7 Å². The Labute approximate surface area is 129 Å². The highest BCUT2D eigenvalue weighted by atomic mass is 79.9. The van der Waals surface area contributed by atoms with Crippen molar-refractivity contribution in [1.29, 1.82) is 0 Å². The number of halogens is 2. The van der Waals surface area contributed by atoms with Gasteiger partial charge in [-0.05, 0) is 58.2 Å². The fourth-order valence-electron chi connectivity index (χ4n) is 1.84.